The molecule has 1 aliphatic rings. The Morgan fingerprint density at radius 1 is 1.25 bits per heavy atom. The maximum atomic E-state index is 6.05. The van der Waals surface area contributed by atoms with Gasteiger partial charge >= 0.3 is 0 Å². The molecule has 1 saturated carbocycles. The predicted molar refractivity (Wildman–Crippen MR) is 79.6 cm³/mol. The Morgan fingerprint density at radius 3 is 2.70 bits per heavy atom. The molecule has 1 fully saturated rings. The molecule has 4 nitrogen and oxygen atoms in total. The van der Waals surface area contributed by atoms with Crippen LogP contribution in [-0.2, 0) is 4.74 Å². The van der Waals surface area contributed by atoms with E-state index in [1.807, 2.05) is 25.1 Å². The zero-order valence-corrected chi connectivity index (χ0v) is 12.8. The summed E-state index contributed by atoms with van der Waals surface area (Å²) in [5.74, 6) is 1.57. The summed E-state index contributed by atoms with van der Waals surface area (Å²) in [6.45, 7) is 5.22. The largest absolute Gasteiger partial charge is 0.493 e. The van der Waals surface area contributed by atoms with Crippen LogP contribution in [0.5, 0.6) is 11.5 Å². The topological polar surface area (TPSA) is 39.7 Å². The fraction of sp³-hybridized carbons (Fsp3) is 0.625. The zero-order chi connectivity index (χ0) is 14.5. The van der Waals surface area contributed by atoms with Gasteiger partial charge < -0.3 is 19.5 Å². The molecule has 0 heterocycles. The summed E-state index contributed by atoms with van der Waals surface area (Å²) in [5.41, 5.74) is 1.16. The van der Waals surface area contributed by atoms with Crippen LogP contribution in [0.1, 0.15) is 25.3 Å². The molecule has 1 aromatic carbocycles. The highest BCUT2D eigenvalue weighted by molar-refractivity contribution is 5.42. The molecule has 20 heavy (non-hydrogen) atoms. The summed E-state index contributed by atoms with van der Waals surface area (Å²) in [7, 11) is 3.41. The van der Waals surface area contributed by atoms with Crippen LogP contribution in [0.15, 0.2) is 18.2 Å². The highest BCUT2D eigenvalue weighted by atomic mass is 16.6. The molecule has 0 spiro atoms. The van der Waals surface area contributed by atoms with E-state index in [0.29, 0.717) is 6.04 Å². The Bertz CT molecular complexity index is 436. The number of methoxy groups -OCH3 is 2. The summed E-state index contributed by atoms with van der Waals surface area (Å²) in [6, 6.07) is 6.38. The average Bonchev–Trinajstić information content (AvgIpc) is 2.43. The van der Waals surface area contributed by atoms with Crippen LogP contribution in [0.2, 0.25) is 0 Å². The van der Waals surface area contributed by atoms with Gasteiger partial charge in [-0.2, -0.15) is 0 Å². The summed E-state index contributed by atoms with van der Waals surface area (Å²) in [6.07, 6.45) is 2.29. The van der Waals surface area contributed by atoms with Crippen LogP contribution in [-0.4, -0.2) is 39.0 Å². The van der Waals surface area contributed by atoms with Crippen molar-refractivity contribution >= 4 is 0 Å². The molecule has 0 saturated heterocycles. The van der Waals surface area contributed by atoms with Crippen molar-refractivity contribution < 1.29 is 14.2 Å². The van der Waals surface area contributed by atoms with E-state index in [0.717, 1.165) is 36.4 Å². The first kappa shape index (κ1) is 15.1. The summed E-state index contributed by atoms with van der Waals surface area (Å²) >= 11 is 0. The summed E-state index contributed by atoms with van der Waals surface area (Å²) in [5, 5.41) is 3.49. The summed E-state index contributed by atoms with van der Waals surface area (Å²) < 4.78 is 17.0. The van der Waals surface area contributed by atoms with Gasteiger partial charge in [0, 0.05) is 19.6 Å². The van der Waals surface area contributed by atoms with E-state index in [9.17, 15) is 0 Å². The SMILES string of the molecule is CCCNC1CC(Oc2ccc(C)cc2OC)C1OC. The number of nitrogens with one attached hydrogen (secondary N) is 1. The third kappa shape index (κ3) is 3.25. The van der Waals surface area contributed by atoms with Gasteiger partial charge in [-0.05, 0) is 37.6 Å². The second-order valence-electron chi connectivity index (χ2n) is 5.31. The molecule has 0 radical (unpaired) electrons. The van der Waals surface area contributed by atoms with Crippen LogP contribution in [0.3, 0.4) is 0 Å². The Hall–Kier alpha value is -1.26. The van der Waals surface area contributed by atoms with Gasteiger partial charge in [0.05, 0.1) is 7.11 Å². The molecule has 3 atom stereocenters. The molecule has 112 valence electrons. The lowest BCUT2D eigenvalue weighted by atomic mass is 9.85. The minimum Gasteiger partial charge on any atom is -0.493 e. The van der Waals surface area contributed by atoms with E-state index >= 15 is 0 Å². The van der Waals surface area contributed by atoms with Gasteiger partial charge in [0.1, 0.15) is 12.2 Å². The Kier molecular flexibility index (Phi) is 5.26. The van der Waals surface area contributed by atoms with Crippen LogP contribution < -0.4 is 14.8 Å². The van der Waals surface area contributed by atoms with Gasteiger partial charge in [0.15, 0.2) is 11.5 Å². The van der Waals surface area contributed by atoms with Gasteiger partial charge in [-0.3, -0.25) is 0 Å². The number of aryl methyl sites for hydroxylation is 1. The predicted octanol–water partition coefficient (Wildman–Crippen LogP) is 2.54. The van der Waals surface area contributed by atoms with Crippen molar-refractivity contribution in [2.75, 3.05) is 20.8 Å². The lowest BCUT2D eigenvalue weighted by molar-refractivity contribution is -0.0892. The number of benzene rings is 1. The smallest absolute Gasteiger partial charge is 0.161 e. The van der Waals surface area contributed by atoms with E-state index in [1.165, 1.54) is 0 Å². The zero-order valence-electron chi connectivity index (χ0n) is 12.8. The monoisotopic (exact) mass is 279 g/mol. The van der Waals surface area contributed by atoms with E-state index in [4.69, 9.17) is 14.2 Å². The first-order valence-corrected chi connectivity index (χ1v) is 7.27. The molecule has 4 heteroatoms. The van der Waals surface area contributed by atoms with E-state index < -0.39 is 0 Å². The van der Waals surface area contributed by atoms with E-state index in [2.05, 4.69) is 12.2 Å². The van der Waals surface area contributed by atoms with Crippen molar-refractivity contribution in [3.8, 4) is 11.5 Å². The first-order chi connectivity index (χ1) is 9.69. The highest BCUT2D eigenvalue weighted by Gasteiger charge is 2.43. The van der Waals surface area contributed by atoms with Crippen molar-refractivity contribution in [3.63, 3.8) is 0 Å². The van der Waals surface area contributed by atoms with Crippen LogP contribution >= 0.6 is 0 Å². The van der Waals surface area contributed by atoms with Crippen molar-refractivity contribution in [1.29, 1.82) is 0 Å². The van der Waals surface area contributed by atoms with Gasteiger partial charge in [0.25, 0.3) is 0 Å². The van der Waals surface area contributed by atoms with Crippen molar-refractivity contribution in [1.82, 2.24) is 5.32 Å². The molecule has 2 rings (SSSR count). The van der Waals surface area contributed by atoms with Crippen molar-refractivity contribution in [3.05, 3.63) is 23.8 Å². The maximum Gasteiger partial charge on any atom is 0.161 e. The fourth-order valence-electron chi connectivity index (χ4n) is 2.58. The van der Waals surface area contributed by atoms with Crippen molar-refractivity contribution in [2.45, 2.75) is 44.9 Å². The second kappa shape index (κ2) is 6.95. The normalized spacial score (nSPS) is 25.1. The third-order valence-corrected chi connectivity index (χ3v) is 3.78. The molecule has 0 aromatic heterocycles. The lowest BCUT2D eigenvalue weighted by Gasteiger charge is -2.43. The minimum absolute atomic E-state index is 0.0889. The first-order valence-electron chi connectivity index (χ1n) is 7.27. The highest BCUT2D eigenvalue weighted by Crippen LogP contribution is 2.34. The standard InChI is InChI=1S/C16H25NO3/c1-5-8-17-12-10-15(16(12)19-4)20-13-7-6-11(2)9-14(13)18-3/h6-7,9,12,15-17H,5,8,10H2,1-4H3. The fourth-order valence-corrected chi connectivity index (χ4v) is 2.58. The van der Waals surface area contributed by atoms with Crippen LogP contribution in [0, 0.1) is 6.92 Å². The summed E-state index contributed by atoms with van der Waals surface area (Å²) in [4.78, 5) is 0. The number of rotatable bonds is 7. The molecule has 1 aliphatic carbocycles. The van der Waals surface area contributed by atoms with Gasteiger partial charge in [-0.1, -0.05) is 13.0 Å². The number of ether oxygens (including phenoxy) is 3. The van der Waals surface area contributed by atoms with E-state index in [-0.39, 0.29) is 12.2 Å². The lowest BCUT2D eigenvalue weighted by Crippen LogP contribution is -2.61. The molecular formula is C16H25NO3. The van der Waals surface area contributed by atoms with Crippen LogP contribution in [0.25, 0.3) is 0 Å². The number of hydrogen-bond donors (Lipinski definition) is 1. The maximum absolute atomic E-state index is 6.05. The molecule has 3 unspecified atom stereocenters. The van der Waals surface area contributed by atoms with Gasteiger partial charge in [0.2, 0.25) is 0 Å². The molecule has 0 bridgehead atoms. The average molecular weight is 279 g/mol. The Morgan fingerprint density at radius 2 is 2.05 bits per heavy atom. The number of hydrogen-bond acceptors (Lipinski definition) is 4. The Labute approximate surface area is 121 Å². The van der Waals surface area contributed by atoms with Gasteiger partial charge in [-0.25, -0.2) is 0 Å². The molecule has 1 aromatic rings. The van der Waals surface area contributed by atoms with E-state index in [1.54, 1.807) is 14.2 Å². The molecule has 0 aliphatic heterocycles. The quantitative estimate of drug-likeness (QED) is 0.832. The van der Waals surface area contributed by atoms with Gasteiger partial charge in [-0.15, -0.1) is 0 Å². The Balaban J connectivity index is 1.97. The molecule has 1 N–H and O–H groups in total. The third-order valence-electron chi connectivity index (χ3n) is 3.78. The molecular weight excluding hydrogens is 254 g/mol. The van der Waals surface area contributed by atoms with Crippen LogP contribution in [0.4, 0.5) is 0 Å². The second-order valence-corrected chi connectivity index (χ2v) is 5.31. The molecule has 0 amide bonds. The minimum atomic E-state index is 0.0889. The van der Waals surface area contributed by atoms with Crippen molar-refractivity contribution in [2.24, 2.45) is 0 Å².